The van der Waals surface area contributed by atoms with Crippen molar-refractivity contribution in [3.8, 4) is 11.5 Å². The van der Waals surface area contributed by atoms with Crippen LogP contribution in [0.4, 0.5) is 0 Å². The molecule has 0 saturated heterocycles. The van der Waals surface area contributed by atoms with Gasteiger partial charge in [-0.05, 0) is 60.3 Å². The molecule has 2 aliphatic heterocycles. The molecule has 0 radical (unpaired) electrons. The SMILES string of the molecule is Cc1c2c(cc3c1OCO3)C(c1ccc(S(N)(=O)=O)cc1)CNCC2. The van der Waals surface area contributed by atoms with Gasteiger partial charge in [0.15, 0.2) is 11.5 Å². The van der Waals surface area contributed by atoms with Gasteiger partial charge in [-0.15, -0.1) is 0 Å². The fourth-order valence-corrected chi connectivity index (χ4v) is 4.19. The van der Waals surface area contributed by atoms with Crippen molar-refractivity contribution >= 4 is 10.0 Å². The molecule has 0 aromatic heterocycles. The molecule has 0 fully saturated rings. The van der Waals surface area contributed by atoms with E-state index in [1.165, 1.54) is 11.1 Å². The van der Waals surface area contributed by atoms with Crippen LogP contribution in [0, 0.1) is 6.92 Å². The van der Waals surface area contributed by atoms with E-state index in [1.807, 2.05) is 12.1 Å². The van der Waals surface area contributed by atoms with Crippen molar-refractivity contribution in [1.82, 2.24) is 5.32 Å². The molecule has 132 valence electrons. The molecule has 1 atom stereocenters. The van der Waals surface area contributed by atoms with E-state index in [-0.39, 0.29) is 17.6 Å². The van der Waals surface area contributed by atoms with Gasteiger partial charge in [-0.25, -0.2) is 13.6 Å². The van der Waals surface area contributed by atoms with Crippen LogP contribution in [-0.4, -0.2) is 28.3 Å². The number of primary sulfonamides is 1. The first-order valence-corrected chi connectivity index (χ1v) is 9.75. The number of benzene rings is 2. The van der Waals surface area contributed by atoms with Crippen molar-refractivity contribution in [2.45, 2.75) is 24.2 Å². The van der Waals surface area contributed by atoms with Crippen LogP contribution >= 0.6 is 0 Å². The Balaban J connectivity index is 1.81. The van der Waals surface area contributed by atoms with Gasteiger partial charge in [-0.1, -0.05) is 12.1 Å². The number of ether oxygens (including phenoxy) is 2. The van der Waals surface area contributed by atoms with Crippen molar-refractivity contribution in [3.05, 3.63) is 52.6 Å². The highest BCUT2D eigenvalue weighted by Gasteiger charge is 2.28. The van der Waals surface area contributed by atoms with Crippen LogP contribution in [0.15, 0.2) is 35.2 Å². The molecule has 0 bridgehead atoms. The third-order valence-electron chi connectivity index (χ3n) is 4.96. The fraction of sp³-hybridized carbons (Fsp3) is 0.333. The Morgan fingerprint density at radius 2 is 1.96 bits per heavy atom. The van der Waals surface area contributed by atoms with E-state index in [9.17, 15) is 8.42 Å². The van der Waals surface area contributed by atoms with Crippen molar-refractivity contribution in [2.24, 2.45) is 5.14 Å². The predicted octanol–water partition coefficient (Wildman–Crippen LogP) is 1.65. The summed E-state index contributed by atoms with van der Waals surface area (Å²) in [5, 5.41) is 8.66. The Kier molecular flexibility index (Phi) is 3.94. The van der Waals surface area contributed by atoms with Gasteiger partial charge < -0.3 is 14.8 Å². The third kappa shape index (κ3) is 2.88. The van der Waals surface area contributed by atoms with E-state index in [2.05, 4.69) is 18.3 Å². The topological polar surface area (TPSA) is 90.7 Å². The molecular weight excluding hydrogens is 340 g/mol. The molecule has 25 heavy (non-hydrogen) atoms. The normalized spacial score (nSPS) is 19.4. The summed E-state index contributed by atoms with van der Waals surface area (Å²) in [4.78, 5) is 0.125. The molecule has 2 aromatic carbocycles. The molecular formula is C18H20N2O4S. The lowest BCUT2D eigenvalue weighted by Crippen LogP contribution is -2.21. The van der Waals surface area contributed by atoms with E-state index in [0.717, 1.165) is 42.1 Å². The minimum absolute atomic E-state index is 0.111. The average Bonchev–Trinajstić information content (AvgIpc) is 2.94. The first kappa shape index (κ1) is 16.4. The van der Waals surface area contributed by atoms with Crippen LogP contribution in [0.5, 0.6) is 11.5 Å². The van der Waals surface area contributed by atoms with E-state index >= 15 is 0 Å². The quantitative estimate of drug-likeness (QED) is 0.850. The molecule has 0 amide bonds. The van der Waals surface area contributed by atoms with E-state index in [1.54, 1.807) is 12.1 Å². The summed E-state index contributed by atoms with van der Waals surface area (Å²) in [5.41, 5.74) is 4.64. The maximum Gasteiger partial charge on any atom is 0.238 e. The monoisotopic (exact) mass is 360 g/mol. The summed E-state index contributed by atoms with van der Waals surface area (Å²) >= 11 is 0. The molecule has 2 aliphatic rings. The Morgan fingerprint density at radius 1 is 1.20 bits per heavy atom. The van der Waals surface area contributed by atoms with Crippen LogP contribution in [0.1, 0.15) is 28.2 Å². The lowest BCUT2D eigenvalue weighted by molar-refractivity contribution is 0.173. The molecule has 6 nitrogen and oxygen atoms in total. The number of nitrogens with one attached hydrogen (secondary N) is 1. The minimum atomic E-state index is -3.68. The Labute approximate surface area is 147 Å². The number of rotatable bonds is 2. The maximum atomic E-state index is 11.5. The molecule has 2 heterocycles. The molecule has 0 spiro atoms. The summed E-state index contributed by atoms with van der Waals surface area (Å²) in [6.07, 6.45) is 0.920. The smallest absolute Gasteiger partial charge is 0.238 e. The van der Waals surface area contributed by atoms with Gasteiger partial charge in [0, 0.05) is 12.5 Å². The molecule has 1 unspecified atom stereocenters. The zero-order valence-corrected chi connectivity index (χ0v) is 14.7. The Bertz CT molecular complexity index is 923. The van der Waals surface area contributed by atoms with Crippen molar-refractivity contribution in [2.75, 3.05) is 19.9 Å². The summed E-state index contributed by atoms with van der Waals surface area (Å²) in [6, 6.07) is 8.86. The maximum absolute atomic E-state index is 11.5. The molecule has 0 saturated carbocycles. The van der Waals surface area contributed by atoms with Crippen LogP contribution < -0.4 is 19.9 Å². The number of fused-ring (bicyclic) bond motifs is 2. The summed E-state index contributed by atoms with van der Waals surface area (Å²) < 4.78 is 34.2. The number of hydrogen-bond donors (Lipinski definition) is 2. The first-order chi connectivity index (χ1) is 11.9. The van der Waals surface area contributed by atoms with E-state index in [4.69, 9.17) is 14.6 Å². The molecule has 4 rings (SSSR count). The second-order valence-electron chi connectivity index (χ2n) is 6.42. The van der Waals surface area contributed by atoms with Crippen molar-refractivity contribution in [1.29, 1.82) is 0 Å². The standard InChI is InChI=1S/C18H20N2O4S/c1-11-14-6-7-20-9-16(15(14)8-17-18(11)24-10-23-17)12-2-4-13(5-3-12)25(19,21)22/h2-5,8,16,20H,6-7,9-10H2,1H3,(H2,19,21,22). The highest BCUT2D eigenvalue weighted by atomic mass is 32.2. The van der Waals surface area contributed by atoms with Crippen LogP contribution in [0.2, 0.25) is 0 Å². The number of sulfonamides is 1. The average molecular weight is 360 g/mol. The highest BCUT2D eigenvalue weighted by molar-refractivity contribution is 7.89. The lowest BCUT2D eigenvalue weighted by atomic mass is 9.86. The zero-order chi connectivity index (χ0) is 17.6. The fourth-order valence-electron chi connectivity index (χ4n) is 3.67. The highest BCUT2D eigenvalue weighted by Crippen LogP contribution is 2.43. The summed E-state index contributed by atoms with van der Waals surface area (Å²) in [7, 11) is -3.68. The van der Waals surface area contributed by atoms with Gasteiger partial charge in [0.25, 0.3) is 0 Å². The van der Waals surface area contributed by atoms with Crippen molar-refractivity contribution in [3.63, 3.8) is 0 Å². The largest absolute Gasteiger partial charge is 0.454 e. The molecule has 2 aromatic rings. The zero-order valence-electron chi connectivity index (χ0n) is 13.9. The van der Waals surface area contributed by atoms with Crippen LogP contribution in [0.25, 0.3) is 0 Å². The van der Waals surface area contributed by atoms with E-state index in [0.29, 0.717) is 0 Å². The lowest BCUT2D eigenvalue weighted by Gasteiger charge is -2.20. The van der Waals surface area contributed by atoms with E-state index < -0.39 is 10.0 Å². The van der Waals surface area contributed by atoms with Crippen LogP contribution in [-0.2, 0) is 16.4 Å². The number of hydrogen-bond acceptors (Lipinski definition) is 5. The van der Waals surface area contributed by atoms with Gasteiger partial charge in [0.2, 0.25) is 16.8 Å². The summed E-state index contributed by atoms with van der Waals surface area (Å²) in [5.74, 6) is 1.73. The third-order valence-corrected chi connectivity index (χ3v) is 5.89. The van der Waals surface area contributed by atoms with Crippen molar-refractivity contribution < 1.29 is 17.9 Å². The molecule has 7 heteroatoms. The molecule has 0 aliphatic carbocycles. The van der Waals surface area contributed by atoms with Gasteiger partial charge in [0.1, 0.15) is 0 Å². The Hall–Kier alpha value is -2.09. The van der Waals surface area contributed by atoms with Gasteiger partial charge >= 0.3 is 0 Å². The first-order valence-electron chi connectivity index (χ1n) is 8.20. The van der Waals surface area contributed by atoms with Crippen LogP contribution in [0.3, 0.4) is 0 Å². The second kappa shape index (κ2) is 6.01. The molecule has 3 N–H and O–H groups in total. The predicted molar refractivity (Wildman–Crippen MR) is 93.5 cm³/mol. The Morgan fingerprint density at radius 3 is 2.68 bits per heavy atom. The van der Waals surface area contributed by atoms with Gasteiger partial charge in [-0.2, -0.15) is 0 Å². The second-order valence-corrected chi connectivity index (χ2v) is 7.99. The van der Waals surface area contributed by atoms with Gasteiger partial charge in [-0.3, -0.25) is 0 Å². The van der Waals surface area contributed by atoms with Gasteiger partial charge in [0.05, 0.1) is 4.90 Å². The number of nitrogens with two attached hydrogens (primary N) is 1. The summed E-state index contributed by atoms with van der Waals surface area (Å²) in [6.45, 7) is 3.99. The minimum Gasteiger partial charge on any atom is -0.454 e.